The van der Waals surface area contributed by atoms with Crippen molar-refractivity contribution in [1.29, 1.82) is 0 Å². The molecule has 4 heteroatoms. The smallest absolute Gasteiger partial charge is 0.169 e. The van der Waals surface area contributed by atoms with E-state index in [1.165, 1.54) is 31.4 Å². The lowest BCUT2D eigenvalue weighted by Gasteiger charge is -2.10. The number of rotatable bonds is 9. The summed E-state index contributed by atoms with van der Waals surface area (Å²) in [4.78, 5) is 0. The third-order valence-corrected chi connectivity index (χ3v) is 3.87. The molecule has 1 unspecified atom stereocenters. The van der Waals surface area contributed by atoms with Crippen LogP contribution in [0.4, 0.5) is 0 Å². The summed E-state index contributed by atoms with van der Waals surface area (Å²) in [6, 6.07) is 4.25. The van der Waals surface area contributed by atoms with E-state index in [1.54, 1.807) is 0 Å². The Morgan fingerprint density at radius 2 is 2.06 bits per heavy atom. The number of hydrogen-bond acceptors (Lipinski definition) is 3. The van der Waals surface area contributed by atoms with Crippen LogP contribution in [0.15, 0.2) is 21.2 Å². The molecule has 1 heterocycles. The Morgan fingerprint density at radius 1 is 1.29 bits per heavy atom. The van der Waals surface area contributed by atoms with Gasteiger partial charge in [0.05, 0.1) is 6.04 Å². The molecule has 1 aromatic heterocycles. The van der Waals surface area contributed by atoms with Gasteiger partial charge in [-0.1, -0.05) is 12.8 Å². The Morgan fingerprint density at radius 3 is 2.71 bits per heavy atom. The van der Waals surface area contributed by atoms with Gasteiger partial charge in [-0.15, -0.1) is 0 Å². The van der Waals surface area contributed by atoms with Gasteiger partial charge in [-0.3, -0.25) is 0 Å². The lowest BCUT2D eigenvalue weighted by Crippen LogP contribution is -2.19. The molecule has 0 saturated heterocycles. The molecule has 98 valence electrons. The van der Waals surface area contributed by atoms with Crippen molar-refractivity contribution in [2.24, 2.45) is 0 Å². The maximum atomic E-state index is 5.51. The van der Waals surface area contributed by atoms with Crippen molar-refractivity contribution >= 4 is 27.7 Å². The van der Waals surface area contributed by atoms with Gasteiger partial charge in [-0.05, 0) is 66.4 Å². The summed E-state index contributed by atoms with van der Waals surface area (Å²) < 4.78 is 6.31. The van der Waals surface area contributed by atoms with Crippen molar-refractivity contribution < 1.29 is 4.42 Å². The van der Waals surface area contributed by atoms with Crippen molar-refractivity contribution in [3.8, 4) is 0 Å². The molecule has 0 aromatic carbocycles. The minimum Gasteiger partial charge on any atom is -0.453 e. The van der Waals surface area contributed by atoms with Crippen molar-refractivity contribution in [1.82, 2.24) is 5.32 Å². The van der Waals surface area contributed by atoms with Crippen molar-refractivity contribution in [3.05, 3.63) is 22.6 Å². The predicted molar refractivity (Wildman–Crippen MR) is 79.7 cm³/mol. The van der Waals surface area contributed by atoms with E-state index in [4.69, 9.17) is 4.42 Å². The summed E-state index contributed by atoms with van der Waals surface area (Å²) in [6.07, 6.45) is 7.44. The van der Waals surface area contributed by atoms with E-state index < -0.39 is 0 Å². The monoisotopic (exact) mass is 319 g/mol. The molecule has 17 heavy (non-hydrogen) atoms. The Labute approximate surface area is 117 Å². The fourth-order valence-electron chi connectivity index (χ4n) is 1.71. The number of thioether (sulfide) groups is 1. The van der Waals surface area contributed by atoms with Crippen LogP contribution >= 0.6 is 27.7 Å². The van der Waals surface area contributed by atoms with Crippen LogP contribution in [0.2, 0.25) is 0 Å². The van der Waals surface area contributed by atoms with Crippen LogP contribution in [-0.2, 0) is 0 Å². The summed E-state index contributed by atoms with van der Waals surface area (Å²) in [7, 11) is 0. The second-order valence-electron chi connectivity index (χ2n) is 4.22. The second-order valence-corrected chi connectivity index (χ2v) is 5.99. The Hall–Kier alpha value is 0.0700. The van der Waals surface area contributed by atoms with Crippen LogP contribution in [0.1, 0.15) is 44.4 Å². The van der Waals surface area contributed by atoms with Crippen molar-refractivity contribution in [3.63, 3.8) is 0 Å². The second kappa shape index (κ2) is 9.06. The predicted octanol–water partition coefficient (Wildman–Crippen LogP) is 4.62. The zero-order valence-electron chi connectivity index (χ0n) is 10.7. The van der Waals surface area contributed by atoms with Gasteiger partial charge >= 0.3 is 0 Å². The first-order valence-corrected chi connectivity index (χ1v) is 8.40. The highest BCUT2D eigenvalue weighted by Gasteiger charge is 2.08. The van der Waals surface area contributed by atoms with Gasteiger partial charge in [0.2, 0.25) is 0 Å². The van der Waals surface area contributed by atoms with Crippen LogP contribution in [0.25, 0.3) is 0 Å². The summed E-state index contributed by atoms with van der Waals surface area (Å²) in [6.45, 7) is 3.21. The Balaban J connectivity index is 2.03. The van der Waals surface area contributed by atoms with Crippen LogP contribution in [0.3, 0.4) is 0 Å². The van der Waals surface area contributed by atoms with Gasteiger partial charge in [0.25, 0.3) is 0 Å². The van der Waals surface area contributed by atoms with E-state index in [0.29, 0.717) is 6.04 Å². The van der Waals surface area contributed by atoms with Crippen molar-refractivity contribution in [2.75, 3.05) is 18.6 Å². The van der Waals surface area contributed by atoms with Gasteiger partial charge in [0.1, 0.15) is 5.76 Å². The molecule has 1 rings (SSSR count). The molecule has 0 bridgehead atoms. The molecular formula is C13H22BrNOS. The zero-order valence-corrected chi connectivity index (χ0v) is 13.1. The molecule has 0 fully saturated rings. The molecule has 0 spiro atoms. The molecule has 1 aromatic rings. The summed E-state index contributed by atoms with van der Waals surface area (Å²) in [5, 5.41) is 3.48. The maximum Gasteiger partial charge on any atom is 0.169 e. The van der Waals surface area contributed by atoms with Gasteiger partial charge in [0, 0.05) is 0 Å². The fraction of sp³-hybridized carbons (Fsp3) is 0.692. The topological polar surface area (TPSA) is 25.2 Å². The van der Waals surface area contributed by atoms with E-state index in [1.807, 2.05) is 23.9 Å². The molecule has 1 atom stereocenters. The van der Waals surface area contributed by atoms with E-state index in [0.717, 1.165) is 17.0 Å². The van der Waals surface area contributed by atoms with Gasteiger partial charge in [0.15, 0.2) is 4.67 Å². The first-order valence-electron chi connectivity index (χ1n) is 6.21. The van der Waals surface area contributed by atoms with E-state index in [9.17, 15) is 0 Å². The third kappa shape index (κ3) is 6.53. The van der Waals surface area contributed by atoms with Crippen LogP contribution in [0.5, 0.6) is 0 Å². The molecule has 1 N–H and O–H groups in total. The lowest BCUT2D eigenvalue weighted by molar-refractivity contribution is 0.414. The summed E-state index contributed by atoms with van der Waals surface area (Å²) >= 11 is 5.26. The van der Waals surface area contributed by atoms with Gasteiger partial charge < -0.3 is 9.73 Å². The molecule has 0 amide bonds. The minimum absolute atomic E-state index is 0.299. The standard InChI is InChI=1S/C13H22BrNOS/c1-11(12-7-8-13(14)16-12)15-9-5-3-4-6-10-17-2/h7-8,11,15H,3-6,9-10H2,1-2H3. The molecule has 0 aliphatic rings. The number of furan rings is 1. The fourth-order valence-corrected chi connectivity index (χ4v) is 2.52. The van der Waals surface area contributed by atoms with Gasteiger partial charge in [-0.2, -0.15) is 11.8 Å². The number of unbranched alkanes of at least 4 members (excludes halogenated alkanes) is 3. The number of nitrogens with one attached hydrogen (secondary N) is 1. The summed E-state index contributed by atoms with van der Waals surface area (Å²) in [5.74, 6) is 2.30. The molecule has 0 radical (unpaired) electrons. The third-order valence-electron chi connectivity index (χ3n) is 2.75. The molecule has 0 aliphatic heterocycles. The Kier molecular flexibility index (Phi) is 8.06. The zero-order chi connectivity index (χ0) is 12.5. The normalized spacial score (nSPS) is 12.9. The van der Waals surface area contributed by atoms with E-state index in [2.05, 4.69) is 34.4 Å². The average molecular weight is 320 g/mol. The maximum absolute atomic E-state index is 5.51. The van der Waals surface area contributed by atoms with E-state index in [-0.39, 0.29) is 0 Å². The van der Waals surface area contributed by atoms with Crippen LogP contribution in [-0.4, -0.2) is 18.6 Å². The molecule has 0 aliphatic carbocycles. The van der Waals surface area contributed by atoms with Gasteiger partial charge in [-0.25, -0.2) is 0 Å². The summed E-state index contributed by atoms with van der Waals surface area (Å²) in [5.41, 5.74) is 0. The SMILES string of the molecule is CSCCCCCCNC(C)c1ccc(Br)o1. The molecular weight excluding hydrogens is 298 g/mol. The first kappa shape index (κ1) is 15.1. The van der Waals surface area contributed by atoms with Crippen molar-refractivity contribution in [2.45, 2.75) is 38.6 Å². The first-order chi connectivity index (χ1) is 8.24. The Bertz CT molecular complexity index is 303. The minimum atomic E-state index is 0.299. The lowest BCUT2D eigenvalue weighted by atomic mass is 10.2. The largest absolute Gasteiger partial charge is 0.453 e. The quantitative estimate of drug-likeness (QED) is 0.672. The number of halogens is 1. The highest BCUT2D eigenvalue weighted by atomic mass is 79.9. The van der Waals surface area contributed by atoms with Crippen LogP contribution < -0.4 is 5.32 Å². The van der Waals surface area contributed by atoms with Crippen LogP contribution in [0, 0.1) is 0 Å². The van der Waals surface area contributed by atoms with E-state index >= 15 is 0 Å². The highest BCUT2D eigenvalue weighted by molar-refractivity contribution is 9.10. The average Bonchev–Trinajstić information content (AvgIpc) is 2.74. The molecule has 0 saturated carbocycles. The number of hydrogen-bond donors (Lipinski definition) is 1. The highest BCUT2D eigenvalue weighted by Crippen LogP contribution is 2.19. The molecule has 2 nitrogen and oxygen atoms in total.